The first-order valence-corrected chi connectivity index (χ1v) is 9.80. The smallest absolute Gasteiger partial charge is 0.251 e. The Morgan fingerprint density at radius 2 is 1.85 bits per heavy atom. The summed E-state index contributed by atoms with van der Waals surface area (Å²) in [5.41, 5.74) is 9.31. The van der Waals surface area contributed by atoms with Crippen LogP contribution in [0.3, 0.4) is 0 Å². The number of hydrogen-bond acceptors (Lipinski definition) is 3. The molecule has 3 N–H and O–H groups in total. The molecule has 4 nitrogen and oxygen atoms in total. The van der Waals surface area contributed by atoms with Crippen molar-refractivity contribution in [1.82, 2.24) is 0 Å². The lowest BCUT2D eigenvalue weighted by Gasteiger charge is -2.11. The zero-order chi connectivity index (χ0) is 18.7. The molecular formula is C21H24N2O2S. The fourth-order valence-electron chi connectivity index (χ4n) is 3.23. The van der Waals surface area contributed by atoms with Gasteiger partial charge in [0.15, 0.2) is 0 Å². The molecule has 1 heterocycles. The van der Waals surface area contributed by atoms with Gasteiger partial charge >= 0.3 is 0 Å². The van der Waals surface area contributed by atoms with Gasteiger partial charge in [-0.1, -0.05) is 38.1 Å². The van der Waals surface area contributed by atoms with E-state index in [1.807, 2.05) is 12.1 Å². The number of primary amides is 1. The van der Waals surface area contributed by atoms with Crippen LogP contribution in [0.25, 0.3) is 6.08 Å². The van der Waals surface area contributed by atoms with Crippen molar-refractivity contribution < 1.29 is 9.59 Å². The number of nitrogens with two attached hydrogens (primary N) is 1. The average molecular weight is 369 g/mol. The Kier molecular flexibility index (Phi) is 5.57. The first-order chi connectivity index (χ1) is 12.5. The quantitative estimate of drug-likeness (QED) is 0.763. The number of anilines is 1. The van der Waals surface area contributed by atoms with E-state index in [1.54, 1.807) is 6.08 Å². The third kappa shape index (κ3) is 4.05. The molecule has 1 aromatic carbocycles. The lowest BCUT2D eigenvalue weighted by molar-refractivity contribution is -0.111. The molecule has 5 heteroatoms. The van der Waals surface area contributed by atoms with Crippen molar-refractivity contribution in [3.8, 4) is 0 Å². The number of rotatable bonds is 5. The van der Waals surface area contributed by atoms with Crippen LogP contribution in [0.5, 0.6) is 0 Å². The van der Waals surface area contributed by atoms with Gasteiger partial charge in [0.1, 0.15) is 5.00 Å². The molecule has 0 radical (unpaired) electrons. The topological polar surface area (TPSA) is 72.2 Å². The molecule has 1 aliphatic rings. The van der Waals surface area contributed by atoms with Gasteiger partial charge in [0, 0.05) is 11.0 Å². The first kappa shape index (κ1) is 18.4. The van der Waals surface area contributed by atoms with Crippen molar-refractivity contribution in [2.45, 2.75) is 45.4 Å². The Hall–Kier alpha value is -2.40. The molecule has 0 saturated carbocycles. The van der Waals surface area contributed by atoms with Crippen molar-refractivity contribution >= 4 is 34.2 Å². The number of carbonyl (C=O) groups excluding carboxylic acids is 2. The molecule has 3 rings (SSSR count). The minimum absolute atomic E-state index is 0.251. The van der Waals surface area contributed by atoms with E-state index in [9.17, 15) is 9.59 Å². The summed E-state index contributed by atoms with van der Waals surface area (Å²) >= 11 is 1.48. The van der Waals surface area contributed by atoms with E-state index >= 15 is 0 Å². The zero-order valence-electron chi connectivity index (χ0n) is 15.2. The molecule has 0 spiro atoms. The second kappa shape index (κ2) is 7.87. The summed E-state index contributed by atoms with van der Waals surface area (Å²) < 4.78 is 0. The lowest BCUT2D eigenvalue weighted by Crippen LogP contribution is -2.17. The number of benzene rings is 1. The van der Waals surface area contributed by atoms with Gasteiger partial charge in [-0.15, -0.1) is 11.3 Å². The van der Waals surface area contributed by atoms with Gasteiger partial charge < -0.3 is 11.1 Å². The summed E-state index contributed by atoms with van der Waals surface area (Å²) in [5.74, 6) is -0.236. The van der Waals surface area contributed by atoms with Gasteiger partial charge in [-0.2, -0.15) is 0 Å². The third-order valence-electron chi connectivity index (χ3n) is 4.68. The highest BCUT2D eigenvalue weighted by Crippen LogP contribution is 2.37. The minimum atomic E-state index is -0.465. The van der Waals surface area contributed by atoms with Gasteiger partial charge in [0.25, 0.3) is 5.91 Å². The van der Waals surface area contributed by atoms with Crippen LogP contribution in [0.1, 0.15) is 64.5 Å². The molecule has 1 aromatic heterocycles. The maximum Gasteiger partial charge on any atom is 0.251 e. The van der Waals surface area contributed by atoms with E-state index < -0.39 is 5.91 Å². The number of hydrogen-bond donors (Lipinski definition) is 2. The molecule has 0 unspecified atom stereocenters. The number of carbonyl (C=O) groups is 2. The molecule has 2 aromatic rings. The Morgan fingerprint density at radius 1 is 1.15 bits per heavy atom. The van der Waals surface area contributed by atoms with Gasteiger partial charge in [-0.25, -0.2) is 0 Å². The first-order valence-electron chi connectivity index (χ1n) is 8.99. The molecule has 0 aliphatic heterocycles. The van der Waals surface area contributed by atoms with Crippen LogP contribution in [0.4, 0.5) is 5.00 Å². The molecule has 0 saturated heterocycles. The van der Waals surface area contributed by atoms with Crippen LogP contribution in [0.15, 0.2) is 30.3 Å². The van der Waals surface area contributed by atoms with Crippen molar-refractivity contribution in [2.75, 3.05) is 5.32 Å². The second-order valence-corrected chi connectivity index (χ2v) is 8.03. The number of thiophene rings is 1. The zero-order valence-corrected chi connectivity index (χ0v) is 16.0. The van der Waals surface area contributed by atoms with E-state index in [1.165, 1.54) is 27.9 Å². The maximum atomic E-state index is 12.3. The summed E-state index contributed by atoms with van der Waals surface area (Å²) in [6.45, 7) is 4.30. The molecule has 0 fully saturated rings. The maximum absolute atomic E-state index is 12.3. The Morgan fingerprint density at radius 3 is 2.50 bits per heavy atom. The monoisotopic (exact) mass is 368 g/mol. The van der Waals surface area contributed by atoms with Gasteiger partial charge in [0.05, 0.1) is 5.56 Å². The third-order valence-corrected chi connectivity index (χ3v) is 5.89. The predicted molar refractivity (Wildman–Crippen MR) is 108 cm³/mol. The molecule has 0 bridgehead atoms. The van der Waals surface area contributed by atoms with E-state index in [4.69, 9.17) is 5.73 Å². The fraction of sp³-hybridized carbons (Fsp3) is 0.333. The van der Waals surface area contributed by atoms with Gasteiger partial charge in [0.2, 0.25) is 5.91 Å². The normalized spacial score (nSPS) is 13.8. The van der Waals surface area contributed by atoms with Crippen LogP contribution in [-0.2, 0) is 17.6 Å². The van der Waals surface area contributed by atoms with Crippen LogP contribution < -0.4 is 11.1 Å². The molecule has 2 amide bonds. The summed E-state index contributed by atoms with van der Waals surface area (Å²) in [5, 5.41) is 3.42. The molecule has 26 heavy (non-hydrogen) atoms. The van der Waals surface area contributed by atoms with Crippen LogP contribution in [0.2, 0.25) is 0 Å². The SMILES string of the molecule is CC(C)c1ccc(/C=C/C(=O)Nc2sc3c(c2C(N)=O)CCCC3)cc1. The van der Waals surface area contributed by atoms with Crippen LogP contribution >= 0.6 is 11.3 Å². The number of amides is 2. The average Bonchev–Trinajstić information content (AvgIpc) is 2.98. The van der Waals surface area contributed by atoms with E-state index in [2.05, 4.69) is 31.3 Å². The number of nitrogens with one attached hydrogen (secondary N) is 1. The second-order valence-electron chi connectivity index (χ2n) is 6.92. The van der Waals surface area contributed by atoms with Crippen LogP contribution in [0, 0.1) is 0 Å². The van der Waals surface area contributed by atoms with E-state index in [-0.39, 0.29) is 5.91 Å². The standard InChI is InChI=1S/C21H24N2O2S/c1-13(2)15-10-7-14(8-11-15)9-12-18(24)23-21-19(20(22)25)16-5-3-4-6-17(16)26-21/h7-13H,3-6H2,1-2H3,(H2,22,25)(H,23,24)/b12-9+. The Balaban J connectivity index is 1.74. The minimum Gasteiger partial charge on any atom is -0.365 e. The highest BCUT2D eigenvalue weighted by molar-refractivity contribution is 7.17. The van der Waals surface area contributed by atoms with Crippen LogP contribution in [-0.4, -0.2) is 11.8 Å². The Labute approximate surface area is 158 Å². The van der Waals surface area contributed by atoms with Crippen molar-refractivity contribution in [3.63, 3.8) is 0 Å². The lowest BCUT2D eigenvalue weighted by atomic mass is 9.95. The van der Waals surface area contributed by atoms with E-state index in [0.29, 0.717) is 16.5 Å². The predicted octanol–water partition coefficient (Wildman–Crippen LogP) is 4.50. The number of aryl methyl sites for hydroxylation is 1. The van der Waals surface area contributed by atoms with E-state index in [0.717, 1.165) is 36.8 Å². The number of fused-ring (bicyclic) bond motifs is 1. The van der Waals surface area contributed by atoms with Crippen molar-refractivity contribution in [1.29, 1.82) is 0 Å². The summed E-state index contributed by atoms with van der Waals surface area (Å²) in [6, 6.07) is 8.14. The largest absolute Gasteiger partial charge is 0.365 e. The van der Waals surface area contributed by atoms with Crippen molar-refractivity contribution in [3.05, 3.63) is 57.5 Å². The summed E-state index contributed by atoms with van der Waals surface area (Å²) in [6.07, 6.45) is 7.26. The summed E-state index contributed by atoms with van der Waals surface area (Å²) in [7, 11) is 0. The fourth-order valence-corrected chi connectivity index (χ4v) is 4.53. The summed E-state index contributed by atoms with van der Waals surface area (Å²) in [4.78, 5) is 25.3. The molecule has 0 atom stereocenters. The van der Waals surface area contributed by atoms with Crippen molar-refractivity contribution in [2.24, 2.45) is 5.73 Å². The highest BCUT2D eigenvalue weighted by atomic mass is 32.1. The molecular weight excluding hydrogens is 344 g/mol. The molecule has 136 valence electrons. The highest BCUT2D eigenvalue weighted by Gasteiger charge is 2.24. The van der Waals surface area contributed by atoms with Gasteiger partial charge in [-0.3, -0.25) is 9.59 Å². The van der Waals surface area contributed by atoms with Gasteiger partial charge in [-0.05, 0) is 54.4 Å². The Bertz CT molecular complexity index is 848. The molecule has 1 aliphatic carbocycles.